The number of para-hydroxylation sites is 1. The van der Waals surface area contributed by atoms with Crippen LogP contribution >= 0.6 is 15.9 Å². The van der Waals surface area contributed by atoms with Crippen molar-refractivity contribution in [1.29, 1.82) is 0 Å². The summed E-state index contributed by atoms with van der Waals surface area (Å²) in [4.78, 5) is 32.2. The van der Waals surface area contributed by atoms with Gasteiger partial charge in [-0.15, -0.1) is 0 Å². The van der Waals surface area contributed by atoms with Crippen molar-refractivity contribution in [3.05, 3.63) is 78.8 Å². The van der Waals surface area contributed by atoms with Gasteiger partial charge in [-0.3, -0.25) is 25.0 Å². The number of carbonyl (C=O) groups is 1. The number of nitrogens with zero attached hydrogens (tertiary/aromatic N) is 3. The fourth-order valence-electron chi connectivity index (χ4n) is 1.99. The molecule has 1 N–H and O–H groups in total. The lowest BCUT2D eigenvalue weighted by atomic mass is 10.2. The summed E-state index contributed by atoms with van der Waals surface area (Å²) in [5, 5.41) is 25.2. The van der Waals surface area contributed by atoms with Gasteiger partial charge in [-0.1, -0.05) is 12.1 Å². The van der Waals surface area contributed by atoms with Crippen molar-refractivity contribution in [3.8, 4) is 5.75 Å². The van der Waals surface area contributed by atoms with Crippen LogP contribution in [0.3, 0.4) is 0 Å². The van der Waals surface area contributed by atoms with Crippen LogP contribution in [0.5, 0.6) is 5.75 Å². The predicted molar refractivity (Wildman–Crippen MR) is 105 cm³/mol. The highest BCUT2D eigenvalue weighted by Gasteiger charge is 2.11. The summed E-state index contributed by atoms with van der Waals surface area (Å²) in [5.74, 6) is -0.290. The summed E-state index contributed by atoms with van der Waals surface area (Å²) >= 11 is 3.13. The van der Waals surface area contributed by atoms with E-state index in [1.807, 2.05) is 0 Å². The molecule has 0 atom stereocenters. The molecule has 28 heavy (non-hydrogen) atoms. The van der Waals surface area contributed by atoms with E-state index in [0.29, 0.717) is 10.0 Å². The molecule has 0 unspecified atom stereocenters. The quantitative estimate of drug-likeness (QED) is 0.372. The van der Waals surface area contributed by atoms with Crippen LogP contribution in [0.25, 0.3) is 6.08 Å². The lowest BCUT2D eigenvalue weighted by Gasteiger charge is -2.06. The number of carbonyl (C=O) groups excluding carboxylic acids is 1. The van der Waals surface area contributed by atoms with Gasteiger partial charge in [0, 0.05) is 24.4 Å². The summed E-state index contributed by atoms with van der Waals surface area (Å²) in [5.41, 5.74) is 2.47. The van der Waals surface area contributed by atoms with Crippen LogP contribution in [0.15, 0.2) is 58.1 Å². The first-order valence-corrected chi connectivity index (χ1v) is 8.46. The van der Waals surface area contributed by atoms with Gasteiger partial charge in [0.25, 0.3) is 17.3 Å². The Kier molecular flexibility index (Phi) is 7.34. The fourth-order valence-corrected chi connectivity index (χ4v) is 2.47. The SMILES string of the molecule is O=C(COc1ccc([N+](=O)[O-])cc1Br)NN=CC=Cc1ccccc1[N+](=O)[O-]. The first kappa shape index (κ1) is 20.7. The zero-order valence-corrected chi connectivity index (χ0v) is 15.7. The van der Waals surface area contributed by atoms with Crippen LogP contribution in [0.4, 0.5) is 11.4 Å². The molecule has 0 fully saturated rings. The van der Waals surface area contributed by atoms with Gasteiger partial charge in [-0.2, -0.15) is 5.10 Å². The van der Waals surface area contributed by atoms with E-state index in [-0.39, 0.29) is 23.7 Å². The highest BCUT2D eigenvalue weighted by Crippen LogP contribution is 2.28. The van der Waals surface area contributed by atoms with Crippen molar-refractivity contribution in [2.75, 3.05) is 6.61 Å². The number of non-ortho nitro benzene ring substituents is 1. The Morgan fingerprint density at radius 2 is 1.93 bits per heavy atom. The summed E-state index contributed by atoms with van der Waals surface area (Å²) in [6, 6.07) is 10.1. The van der Waals surface area contributed by atoms with E-state index in [0.717, 1.165) is 0 Å². The zero-order valence-electron chi connectivity index (χ0n) is 14.1. The van der Waals surface area contributed by atoms with Crippen LogP contribution in [0.2, 0.25) is 0 Å². The Hall–Kier alpha value is -3.60. The minimum Gasteiger partial charge on any atom is -0.483 e. The molecule has 144 valence electrons. The molecular formula is C17H13BrN4O6. The molecule has 1 amide bonds. The number of halogens is 1. The molecular weight excluding hydrogens is 436 g/mol. The Morgan fingerprint density at radius 3 is 2.61 bits per heavy atom. The average molecular weight is 449 g/mol. The van der Waals surface area contributed by atoms with E-state index >= 15 is 0 Å². The minimum absolute atomic E-state index is 0.0433. The second kappa shape index (κ2) is 9.92. The Balaban J connectivity index is 1.84. The largest absolute Gasteiger partial charge is 0.483 e. The molecule has 0 saturated heterocycles. The number of nitrogens with one attached hydrogen (secondary N) is 1. The molecule has 2 aromatic rings. The van der Waals surface area contributed by atoms with Crippen molar-refractivity contribution < 1.29 is 19.4 Å². The van der Waals surface area contributed by atoms with Crippen LogP contribution < -0.4 is 10.2 Å². The van der Waals surface area contributed by atoms with Gasteiger partial charge in [-0.25, -0.2) is 5.43 Å². The summed E-state index contributed by atoms with van der Waals surface area (Å²) in [6.45, 7) is -0.360. The molecule has 0 aliphatic carbocycles. The van der Waals surface area contributed by atoms with Gasteiger partial charge in [0.15, 0.2) is 6.61 Å². The third-order valence-corrected chi connectivity index (χ3v) is 3.86. The van der Waals surface area contributed by atoms with Crippen LogP contribution in [-0.4, -0.2) is 28.6 Å². The lowest BCUT2D eigenvalue weighted by molar-refractivity contribution is -0.385. The van der Waals surface area contributed by atoms with E-state index in [9.17, 15) is 25.0 Å². The van der Waals surface area contributed by atoms with Gasteiger partial charge in [0.1, 0.15) is 5.75 Å². The Labute approximate surface area is 166 Å². The molecule has 0 aliphatic heterocycles. The molecule has 0 heterocycles. The number of nitro groups is 2. The molecule has 0 radical (unpaired) electrons. The number of nitro benzene ring substituents is 2. The second-order valence-electron chi connectivity index (χ2n) is 5.15. The van der Waals surface area contributed by atoms with Crippen molar-refractivity contribution in [2.45, 2.75) is 0 Å². The lowest BCUT2D eigenvalue weighted by Crippen LogP contribution is -2.24. The molecule has 11 heteroatoms. The molecule has 0 bridgehead atoms. The van der Waals surface area contributed by atoms with E-state index < -0.39 is 15.8 Å². The molecule has 0 saturated carbocycles. The number of rotatable bonds is 8. The number of ether oxygens (including phenoxy) is 1. The van der Waals surface area contributed by atoms with Gasteiger partial charge in [0.2, 0.25) is 0 Å². The molecule has 0 spiro atoms. The predicted octanol–water partition coefficient (Wildman–Crippen LogP) is 3.46. The summed E-state index contributed by atoms with van der Waals surface area (Å²) in [7, 11) is 0. The number of hydrogen-bond donors (Lipinski definition) is 1. The summed E-state index contributed by atoms with van der Waals surface area (Å²) in [6.07, 6.45) is 4.19. The van der Waals surface area contributed by atoms with Gasteiger partial charge in [0.05, 0.1) is 19.9 Å². The van der Waals surface area contributed by atoms with Gasteiger partial charge in [-0.05, 0) is 40.2 Å². The maximum atomic E-state index is 11.7. The average Bonchev–Trinajstić information content (AvgIpc) is 2.66. The number of hydrogen-bond acceptors (Lipinski definition) is 7. The maximum absolute atomic E-state index is 11.7. The normalized spacial score (nSPS) is 10.9. The molecule has 0 aliphatic rings. The second-order valence-corrected chi connectivity index (χ2v) is 6.00. The number of hydrazone groups is 1. The third-order valence-electron chi connectivity index (χ3n) is 3.24. The van der Waals surface area contributed by atoms with Crippen LogP contribution in [-0.2, 0) is 4.79 Å². The van der Waals surface area contributed by atoms with Crippen molar-refractivity contribution in [2.24, 2.45) is 5.10 Å². The maximum Gasteiger partial charge on any atom is 0.277 e. The number of benzene rings is 2. The molecule has 10 nitrogen and oxygen atoms in total. The molecule has 2 aromatic carbocycles. The minimum atomic E-state index is -0.555. The fraction of sp³-hybridized carbons (Fsp3) is 0.0588. The van der Waals surface area contributed by atoms with Crippen molar-refractivity contribution >= 4 is 45.5 Å². The van der Waals surface area contributed by atoms with Gasteiger partial charge < -0.3 is 4.74 Å². The Morgan fingerprint density at radius 1 is 1.18 bits per heavy atom. The standard InChI is InChI=1S/C17H13BrN4O6/c18-14-10-13(21(24)25)7-8-16(14)28-11-17(23)20-19-9-3-5-12-4-1-2-6-15(12)22(26)27/h1-10H,11H2,(H,20,23). The van der Waals surface area contributed by atoms with Gasteiger partial charge >= 0.3 is 0 Å². The van der Waals surface area contributed by atoms with E-state index in [2.05, 4.69) is 26.5 Å². The zero-order chi connectivity index (χ0) is 20.5. The topological polar surface area (TPSA) is 137 Å². The smallest absolute Gasteiger partial charge is 0.277 e. The molecule has 0 aromatic heterocycles. The summed E-state index contributed by atoms with van der Waals surface area (Å²) < 4.78 is 5.59. The van der Waals surface area contributed by atoms with Crippen molar-refractivity contribution in [1.82, 2.24) is 5.43 Å². The highest BCUT2D eigenvalue weighted by molar-refractivity contribution is 9.10. The first-order valence-electron chi connectivity index (χ1n) is 7.67. The number of amides is 1. The monoisotopic (exact) mass is 448 g/mol. The highest BCUT2D eigenvalue weighted by atomic mass is 79.9. The number of allylic oxidation sites excluding steroid dienone is 1. The molecule has 2 rings (SSSR count). The van der Waals surface area contributed by atoms with E-state index in [4.69, 9.17) is 4.74 Å². The van der Waals surface area contributed by atoms with Crippen molar-refractivity contribution in [3.63, 3.8) is 0 Å². The third kappa shape index (κ3) is 5.99. The van der Waals surface area contributed by atoms with E-state index in [1.54, 1.807) is 18.2 Å². The Bertz CT molecular complexity index is 960. The van der Waals surface area contributed by atoms with E-state index in [1.165, 1.54) is 42.6 Å². The van der Waals surface area contributed by atoms with Crippen LogP contribution in [0, 0.1) is 20.2 Å². The first-order chi connectivity index (χ1) is 13.4. The van der Waals surface area contributed by atoms with Crippen LogP contribution in [0.1, 0.15) is 5.56 Å².